The molecule has 9 heavy (non-hydrogen) atoms. The third kappa shape index (κ3) is 2.13. The molecule has 0 unspecified atom stereocenters. The van der Waals surface area contributed by atoms with Gasteiger partial charge in [0.15, 0.2) is 0 Å². The fourth-order valence-electron chi connectivity index (χ4n) is 0.549. The molecule has 1 rings (SSSR count). The van der Waals surface area contributed by atoms with Crippen molar-refractivity contribution in [3.8, 4) is 0 Å². The first-order chi connectivity index (χ1) is 4.33. The summed E-state index contributed by atoms with van der Waals surface area (Å²) in [7, 11) is 0. The number of hydrogen-bond acceptors (Lipinski definition) is 2. The molecule has 0 saturated heterocycles. The first-order valence-corrected chi connectivity index (χ1v) is 4.58. The van der Waals surface area contributed by atoms with Crippen molar-refractivity contribution in [2.75, 3.05) is 6.26 Å². The molecule has 1 aromatic rings. The van der Waals surface area contributed by atoms with E-state index in [0.717, 1.165) is 11.4 Å². The van der Waals surface area contributed by atoms with Crippen molar-refractivity contribution in [1.82, 2.24) is 8.41 Å². The van der Waals surface area contributed by atoms with Gasteiger partial charge >= 0.3 is 69.6 Å². The second-order valence-corrected chi connectivity index (χ2v) is 3.18. The molecule has 0 saturated carbocycles. The topological polar surface area (TPSA) is 17.8 Å². The molecule has 0 amide bonds. The van der Waals surface area contributed by atoms with Gasteiger partial charge in [0.2, 0.25) is 0 Å². The molecule has 0 fully saturated rings. The number of aromatic nitrogens is 2. The van der Waals surface area contributed by atoms with Crippen LogP contribution in [0.5, 0.6) is 0 Å². The summed E-state index contributed by atoms with van der Waals surface area (Å²) in [4.78, 5) is 0. The van der Waals surface area contributed by atoms with Crippen LogP contribution in [0, 0.1) is 0 Å². The van der Waals surface area contributed by atoms with Gasteiger partial charge in [0.05, 0.1) is 0 Å². The molecule has 0 aliphatic heterocycles. The van der Waals surface area contributed by atoms with Crippen LogP contribution in [0.25, 0.3) is 0 Å². The van der Waals surface area contributed by atoms with Gasteiger partial charge in [-0.25, -0.2) is 0 Å². The van der Waals surface area contributed by atoms with E-state index in [4.69, 9.17) is 0 Å². The summed E-state index contributed by atoms with van der Waals surface area (Å²) in [6.45, 7) is 0. The van der Waals surface area contributed by atoms with Crippen LogP contribution in [0.4, 0.5) is 0 Å². The molecule has 53 valence electrons. The Morgan fingerprint density at radius 3 is 3.11 bits per heavy atom. The van der Waals surface area contributed by atoms with Gasteiger partial charge in [-0.3, -0.25) is 0 Å². The third-order valence-corrected chi connectivity index (χ3v) is 1.86. The Kier molecular flexibility index (Phi) is 2.77. The van der Waals surface area contributed by atoms with Gasteiger partial charge in [-0.2, -0.15) is 0 Å². The van der Waals surface area contributed by atoms with E-state index >= 15 is 0 Å². The van der Waals surface area contributed by atoms with Crippen LogP contribution in [-0.2, 0) is 25.2 Å². The quantitative estimate of drug-likeness (QED) is 0.711. The van der Waals surface area contributed by atoms with Crippen molar-refractivity contribution in [2.24, 2.45) is 0 Å². The number of rotatable bonds is 2. The molecule has 0 bridgehead atoms. The molecule has 0 atom stereocenters. The van der Waals surface area contributed by atoms with E-state index in [-0.39, 0.29) is 0 Å². The Hall–Kier alpha value is 0.222. The first-order valence-electron chi connectivity index (χ1n) is 2.50. The normalized spacial score (nSPS) is 10.1. The van der Waals surface area contributed by atoms with E-state index in [2.05, 4.69) is 30.8 Å². The van der Waals surface area contributed by atoms with E-state index in [1.807, 2.05) is 12.3 Å². The van der Waals surface area contributed by atoms with Crippen LogP contribution >= 0.6 is 11.8 Å². The van der Waals surface area contributed by atoms with Crippen molar-refractivity contribution in [3.05, 3.63) is 18.0 Å². The zero-order chi connectivity index (χ0) is 6.69. The van der Waals surface area contributed by atoms with E-state index in [9.17, 15) is 0 Å². The molecule has 1 aromatic heterocycles. The molecule has 1 heterocycles. The summed E-state index contributed by atoms with van der Waals surface area (Å²) in [6.07, 6.45) is 3.96. The summed E-state index contributed by atoms with van der Waals surface area (Å²) in [5.41, 5.74) is 1.12. The fraction of sp³-hybridized carbons (Fsp3) is 0.400. The Labute approximate surface area is 69.7 Å². The average molecular weight is 234 g/mol. The minimum absolute atomic E-state index is 0.991. The number of nitrogens with zero attached hydrogens (tertiary/aromatic N) is 2. The molecular formula is C5H7N2PdS. The summed E-state index contributed by atoms with van der Waals surface area (Å²) in [6, 6.07) is 2.00. The van der Waals surface area contributed by atoms with Gasteiger partial charge in [0, 0.05) is 0 Å². The van der Waals surface area contributed by atoms with Crippen LogP contribution in [0.2, 0.25) is 0 Å². The van der Waals surface area contributed by atoms with Gasteiger partial charge < -0.3 is 0 Å². The van der Waals surface area contributed by atoms with Crippen molar-refractivity contribution < 1.29 is 19.4 Å². The maximum atomic E-state index is 4.13. The third-order valence-electron chi connectivity index (χ3n) is 0.891. The maximum absolute atomic E-state index is 4.13. The van der Waals surface area contributed by atoms with E-state index in [1.54, 1.807) is 15.1 Å². The standard InChI is InChI=1S/C5H7N2S.Pd/c1-8-4-5-2-3-6-7-5;/h2-3H,4H2,1H3;/q-1;+1. The second-order valence-electron chi connectivity index (χ2n) is 1.60. The SMILES string of the molecule is CSCc1cc[n]([Pd])n1. The van der Waals surface area contributed by atoms with Crippen LogP contribution in [0.1, 0.15) is 5.69 Å². The molecule has 2 nitrogen and oxygen atoms in total. The molecule has 0 radical (unpaired) electrons. The molecular weight excluding hydrogens is 227 g/mol. The van der Waals surface area contributed by atoms with Gasteiger partial charge in [-0.1, -0.05) is 0 Å². The molecule has 0 aromatic carbocycles. The Morgan fingerprint density at radius 1 is 1.89 bits per heavy atom. The molecule has 0 aliphatic rings. The summed E-state index contributed by atoms with van der Waals surface area (Å²) in [5, 5.41) is 4.13. The van der Waals surface area contributed by atoms with E-state index in [0.29, 0.717) is 0 Å². The summed E-state index contributed by atoms with van der Waals surface area (Å²) >= 11 is 4.72. The predicted molar refractivity (Wildman–Crippen MR) is 34.8 cm³/mol. The zero-order valence-corrected chi connectivity index (χ0v) is 7.35. The van der Waals surface area contributed by atoms with Crippen LogP contribution in [0.3, 0.4) is 0 Å². The summed E-state index contributed by atoms with van der Waals surface area (Å²) < 4.78 is 1.67. The Bertz CT molecular complexity index is 187. The predicted octanol–water partition coefficient (Wildman–Crippen LogP) is 1.06. The zero-order valence-electron chi connectivity index (χ0n) is 4.98. The first kappa shape index (κ1) is 7.33. The molecule has 4 heteroatoms. The molecule has 0 spiro atoms. The van der Waals surface area contributed by atoms with Gasteiger partial charge in [-0.05, 0) is 0 Å². The fourth-order valence-corrected chi connectivity index (χ4v) is 1.31. The van der Waals surface area contributed by atoms with Gasteiger partial charge in [0.1, 0.15) is 0 Å². The van der Waals surface area contributed by atoms with Crippen LogP contribution < -0.4 is 0 Å². The van der Waals surface area contributed by atoms with Crippen LogP contribution in [0.15, 0.2) is 12.3 Å². The van der Waals surface area contributed by atoms with Crippen LogP contribution in [-0.4, -0.2) is 14.7 Å². The van der Waals surface area contributed by atoms with Gasteiger partial charge in [0.25, 0.3) is 0 Å². The Morgan fingerprint density at radius 2 is 2.67 bits per heavy atom. The van der Waals surface area contributed by atoms with Crippen molar-refractivity contribution in [1.29, 1.82) is 0 Å². The molecule has 0 N–H and O–H groups in total. The molecule has 0 aliphatic carbocycles. The second kappa shape index (κ2) is 3.41. The van der Waals surface area contributed by atoms with Crippen molar-refractivity contribution in [2.45, 2.75) is 5.75 Å². The summed E-state index contributed by atoms with van der Waals surface area (Å²) in [5.74, 6) is 0.991. The van der Waals surface area contributed by atoms with Crippen molar-refractivity contribution in [3.63, 3.8) is 0 Å². The Balaban J connectivity index is 2.61. The van der Waals surface area contributed by atoms with Gasteiger partial charge in [-0.15, -0.1) is 0 Å². The number of hydrogen-bond donors (Lipinski definition) is 0. The van der Waals surface area contributed by atoms with Crippen molar-refractivity contribution >= 4 is 11.8 Å². The monoisotopic (exact) mass is 233 g/mol. The van der Waals surface area contributed by atoms with E-state index in [1.165, 1.54) is 0 Å². The van der Waals surface area contributed by atoms with E-state index < -0.39 is 0 Å². The average Bonchev–Trinajstić information content (AvgIpc) is 2.17. The number of thioether (sulfide) groups is 1. The minimum atomic E-state index is 0.991.